The molecule has 0 aliphatic carbocycles. The van der Waals surface area contributed by atoms with Gasteiger partial charge in [-0.2, -0.15) is 0 Å². The molecule has 0 radical (unpaired) electrons. The maximum absolute atomic E-state index is 9.38. The van der Waals surface area contributed by atoms with Crippen molar-refractivity contribution < 1.29 is 7.90 Å². The molecule has 0 saturated carbocycles. The van der Waals surface area contributed by atoms with Crippen molar-refractivity contribution in [3.05, 3.63) is 0 Å². The van der Waals surface area contributed by atoms with E-state index in [-0.39, 0.29) is 18.9 Å². The van der Waals surface area contributed by atoms with Crippen molar-refractivity contribution in [3.8, 4) is 0 Å². The standard InChI is InChI=1S/CH3NO2Te.Li.H/c2-1(3)4-5;;/h5H,(H2,2,3);;. The zero-order valence-electron chi connectivity index (χ0n) is 2.34. The molecule has 0 aliphatic rings. The molecule has 0 aromatic heterocycles. The normalized spacial score (nSPS) is 5.50. The van der Waals surface area contributed by atoms with E-state index >= 15 is 0 Å². The summed E-state index contributed by atoms with van der Waals surface area (Å²) in [6, 6.07) is 0. The molecule has 0 aromatic carbocycles. The average Bonchev–Trinajstić information content (AvgIpc) is 1.38. The fourth-order valence-electron chi connectivity index (χ4n) is 0. The number of rotatable bonds is 0. The van der Waals surface area contributed by atoms with Crippen LogP contribution in [0, 0.1) is 0 Å². The number of hydrogen-bond donors (Lipinski definition) is 1. The molecule has 32 valence electrons. The van der Waals surface area contributed by atoms with Gasteiger partial charge < -0.3 is 0 Å². The molecule has 0 fully saturated rings. The number of hydrogen-bond acceptors (Lipinski definition) is 2. The zero-order chi connectivity index (χ0) is 4.28. The van der Waals surface area contributed by atoms with Gasteiger partial charge in [0, 0.05) is 0 Å². The SMILES string of the molecule is NC(=O)O[TeH].[LiH]. The van der Waals surface area contributed by atoms with Crippen LogP contribution >= 0.6 is 0 Å². The summed E-state index contributed by atoms with van der Waals surface area (Å²) in [5, 5.41) is 0. The van der Waals surface area contributed by atoms with Gasteiger partial charge in [0.1, 0.15) is 0 Å². The molecule has 0 atom stereocenters. The first-order valence-electron chi connectivity index (χ1n) is 0.879. The second-order valence-electron chi connectivity index (χ2n) is 0.410. The van der Waals surface area contributed by atoms with Crippen molar-refractivity contribution >= 4 is 47.7 Å². The monoisotopic (exact) mass is 199 g/mol. The van der Waals surface area contributed by atoms with E-state index in [0.29, 0.717) is 0 Å². The third-order valence-corrected chi connectivity index (χ3v) is 0.604. The Balaban J connectivity index is 0. The van der Waals surface area contributed by atoms with Gasteiger partial charge in [-0.3, -0.25) is 0 Å². The molecule has 0 spiro atoms. The van der Waals surface area contributed by atoms with Gasteiger partial charge >= 0.3 is 61.3 Å². The van der Waals surface area contributed by atoms with Gasteiger partial charge in [-0.1, -0.05) is 0 Å². The molecule has 0 aromatic rings. The van der Waals surface area contributed by atoms with Crippen LogP contribution in [-0.2, 0) is 3.10 Å². The van der Waals surface area contributed by atoms with Crippen LogP contribution in [0.3, 0.4) is 0 Å². The van der Waals surface area contributed by atoms with E-state index in [0.717, 1.165) is 22.7 Å². The third kappa shape index (κ3) is 8.82. The Kier molecular flexibility index (Phi) is 9.26. The van der Waals surface area contributed by atoms with Gasteiger partial charge in [-0.25, -0.2) is 0 Å². The summed E-state index contributed by atoms with van der Waals surface area (Å²) in [7, 11) is 0. The molecule has 3 nitrogen and oxygen atoms in total. The molecule has 0 saturated heterocycles. The summed E-state index contributed by atoms with van der Waals surface area (Å²) in [5.41, 5.74) is 4.44. The summed E-state index contributed by atoms with van der Waals surface area (Å²) >= 11 is 0.927. The van der Waals surface area contributed by atoms with Crippen LogP contribution in [0.5, 0.6) is 0 Å². The molecule has 2 N–H and O–H groups in total. The van der Waals surface area contributed by atoms with Crippen LogP contribution in [0.1, 0.15) is 0 Å². The number of carbonyl (C=O) groups is 1. The summed E-state index contributed by atoms with van der Waals surface area (Å²) < 4.78 is 3.94. The topological polar surface area (TPSA) is 52.3 Å². The van der Waals surface area contributed by atoms with Gasteiger partial charge in [0.2, 0.25) is 0 Å². The van der Waals surface area contributed by atoms with E-state index in [1.54, 1.807) is 0 Å². The summed E-state index contributed by atoms with van der Waals surface area (Å²) in [4.78, 5) is 9.38. The maximum atomic E-state index is 9.38. The fraction of sp³-hybridized carbons (Fsp3) is 0. The van der Waals surface area contributed by atoms with Crippen molar-refractivity contribution in [1.82, 2.24) is 0 Å². The van der Waals surface area contributed by atoms with Crippen LogP contribution in [-0.4, -0.2) is 47.7 Å². The third-order valence-electron chi connectivity index (χ3n) is 0.0900. The number of amides is 1. The van der Waals surface area contributed by atoms with E-state index < -0.39 is 6.09 Å². The van der Waals surface area contributed by atoms with E-state index in [4.69, 9.17) is 0 Å². The minimum absolute atomic E-state index is 0. The number of nitrogens with two attached hydrogens (primary N) is 1. The number of primary amides is 1. The van der Waals surface area contributed by atoms with Gasteiger partial charge in [-0.05, 0) is 0 Å². The van der Waals surface area contributed by atoms with Crippen LogP contribution in [0.25, 0.3) is 0 Å². The Hall–Kier alpha value is 0.657. The predicted octanol–water partition coefficient (Wildman–Crippen LogP) is -1.75. The van der Waals surface area contributed by atoms with Gasteiger partial charge in [-0.15, -0.1) is 0 Å². The molecule has 0 aliphatic heterocycles. The Labute approximate surface area is 61.2 Å². The molecule has 5 heteroatoms. The van der Waals surface area contributed by atoms with Crippen LogP contribution < -0.4 is 5.73 Å². The Morgan fingerprint density at radius 3 is 2.00 bits per heavy atom. The van der Waals surface area contributed by atoms with E-state index in [9.17, 15) is 4.79 Å². The van der Waals surface area contributed by atoms with Gasteiger partial charge in [0.05, 0.1) is 0 Å². The predicted molar refractivity (Wildman–Crippen MR) is 25.0 cm³/mol. The molecular weight excluding hydrogens is 193 g/mol. The van der Waals surface area contributed by atoms with Crippen LogP contribution in [0.15, 0.2) is 0 Å². The van der Waals surface area contributed by atoms with Crippen molar-refractivity contribution in [2.24, 2.45) is 5.73 Å². The first-order chi connectivity index (χ1) is 2.27. The van der Waals surface area contributed by atoms with Gasteiger partial charge in [0.15, 0.2) is 0 Å². The van der Waals surface area contributed by atoms with E-state index in [1.165, 1.54) is 0 Å². The Bertz CT molecular complexity index is 48.8. The van der Waals surface area contributed by atoms with Crippen LogP contribution in [0.2, 0.25) is 0 Å². The molecule has 6 heavy (non-hydrogen) atoms. The van der Waals surface area contributed by atoms with Crippen molar-refractivity contribution in [2.45, 2.75) is 0 Å². The van der Waals surface area contributed by atoms with Crippen molar-refractivity contribution in [3.63, 3.8) is 0 Å². The Morgan fingerprint density at radius 2 is 2.00 bits per heavy atom. The second-order valence-corrected chi connectivity index (χ2v) is 0.931. The van der Waals surface area contributed by atoms with Crippen molar-refractivity contribution in [2.75, 3.05) is 0 Å². The average molecular weight is 197 g/mol. The molecule has 0 unspecified atom stereocenters. The first-order valence-corrected chi connectivity index (χ1v) is 1.92. The number of carbonyl (C=O) groups excluding carboxylic acids is 1. The second kappa shape index (κ2) is 5.66. The molecule has 0 rings (SSSR count). The van der Waals surface area contributed by atoms with Crippen LogP contribution in [0.4, 0.5) is 4.79 Å². The summed E-state index contributed by atoms with van der Waals surface area (Å²) in [6.45, 7) is 0. The van der Waals surface area contributed by atoms with E-state index in [2.05, 4.69) is 8.83 Å². The molecule has 0 heterocycles. The Morgan fingerprint density at radius 1 is 1.83 bits per heavy atom. The fourth-order valence-corrected chi connectivity index (χ4v) is 0. The minimum atomic E-state index is -0.723. The summed E-state index contributed by atoms with van der Waals surface area (Å²) in [5.74, 6) is 0. The molecule has 0 bridgehead atoms. The van der Waals surface area contributed by atoms with E-state index in [1.807, 2.05) is 0 Å². The summed E-state index contributed by atoms with van der Waals surface area (Å²) in [6.07, 6.45) is -0.723. The van der Waals surface area contributed by atoms with Crippen molar-refractivity contribution in [1.29, 1.82) is 0 Å². The zero-order valence-corrected chi connectivity index (χ0v) is 4.89. The van der Waals surface area contributed by atoms with Gasteiger partial charge in [0.25, 0.3) is 0 Å². The quantitative estimate of drug-likeness (QED) is 0.467. The molecule has 1 amide bonds. The first kappa shape index (κ1) is 9.82. The molecular formula is CH4LiNO2Te.